The minimum absolute atomic E-state index is 0.126. The fraction of sp³-hybridized carbons (Fsp3) is 0.222. The fourth-order valence-electron chi connectivity index (χ4n) is 2.20. The second kappa shape index (κ2) is 7.94. The number of nitrogens with one attached hydrogen (secondary N) is 1. The highest BCUT2D eigenvalue weighted by Crippen LogP contribution is 2.26. The predicted molar refractivity (Wildman–Crippen MR) is 99.1 cm³/mol. The van der Waals surface area contributed by atoms with Gasteiger partial charge in [-0.15, -0.1) is 0 Å². The van der Waals surface area contributed by atoms with Crippen molar-refractivity contribution in [3.05, 3.63) is 60.2 Å². The van der Waals surface area contributed by atoms with Crippen molar-refractivity contribution in [2.45, 2.75) is 25.7 Å². The zero-order valence-electron chi connectivity index (χ0n) is 14.4. The third-order valence-corrected chi connectivity index (χ3v) is 5.18. The van der Waals surface area contributed by atoms with Gasteiger partial charge in [-0.3, -0.25) is 9.10 Å². The van der Waals surface area contributed by atoms with Crippen LogP contribution in [0.15, 0.2) is 64.6 Å². The molecule has 0 bridgehead atoms. The van der Waals surface area contributed by atoms with Crippen LogP contribution in [0.3, 0.4) is 0 Å². The molecule has 0 aromatic heterocycles. The van der Waals surface area contributed by atoms with E-state index in [2.05, 4.69) is 10.5 Å². The molecule has 25 heavy (non-hydrogen) atoms. The Balaban J connectivity index is 2.45. The zero-order chi connectivity index (χ0) is 18.4. The summed E-state index contributed by atoms with van der Waals surface area (Å²) in [6.45, 7) is 4.91. The lowest BCUT2D eigenvalue weighted by Gasteiger charge is -2.25. The molecule has 0 saturated carbocycles. The Kier molecular flexibility index (Phi) is 5.93. The number of carbonyl (C=O) groups excluding carboxylic acids is 1. The van der Waals surface area contributed by atoms with Gasteiger partial charge in [0.25, 0.3) is 15.9 Å². The number of rotatable bonds is 6. The molecule has 0 saturated heterocycles. The molecule has 1 N–H and O–H groups in total. The Bertz CT molecular complexity index is 873. The van der Waals surface area contributed by atoms with Crippen LogP contribution in [0.1, 0.15) is 19.4 Å². The highest BCUT2D eigenvalue weighted by atomic mass is 32.2. The van der Waals surface area contributed by atoms with E-state index >= 15 is 0 Å². The van der Waals surface area contributed by atoms with Crippen molar-refractivity contribution in [1.82, 2.24) is 5.43 Å². The van der Waals surface area contributed by atoms with E-state index in [4.69, 9.17) is 0 Å². The van der Waals surface area contributed by atoms with E-state index in [1.165, 1.54) is 12.1 Å². The molecule has 0 unspecified atom stereocenters. The van der Waals surface area contributed by atoms with Gasteiger partial charge in [0.05, 0.1) is 10.6 Å². The number of nitrogens with zero attached hydrogens (tertiary/aromatic N) is 2. The van der Waals surface area contributed by atoms with Gasteiger partial charge in [0.2, 0.25) is 0 Å². The van der Waals surface area contributed by atoms with Gasteiger partial charge in [-0.25, -0.2) is 13.8 Å². The van der Waals surface area contributed by atoms with Crippen molar-refractivity contribution in [3.63, 3.8) is 0 Å². The monoisotopic (exact) mass is 359 g/mol. The van der Waals surface area contributed by atoms with Crippen molar-refractivity contribution in [2.24, 2.45) is 5.10 Å². The average Bonchev–Trinajstić information content (AvgIpc) is 2.59. The van der Waals surface area contributed by atoms with Crippen LogP contribution in [0.2, 0.25) is 0 Å². The van der Waals surface area contributed by atoms with Crippen LogP contribution >= 0.6 is 0 Å². The maximum Gasteiger partial charge on any atom is 0.264 e. The molecule has 132 valence electrons. The Hall–Kier alpha value is -2.67. The summed E-state index contributed by atoms with van der Waals surface area (Å²) in [5, 5.41) is 3.84. The normalized spacial score (nSPS) is 10.8. The topological polar surface area (TPSA) is 78.8 Å². The van der Waals surface area contributed by atoms with E-state index in [1.807, 2.05) is 6.07 Å². The van der Waals surface area contributed by atoms with Crippen LogP contribution in [-0.2, 0) is 14.8 Å². The molecule has 0 aliphatic rings. The summed E-state index contributed by atoms with van der Waals surface area (Å²) in [7, 11) is -3.89. The van der Waals surface area contributed by atoms with Gasteiger partial charge >= 0.3 is 0 Å². The summed E-state index contributed by atoms with van der Waals surface area (Å²) in [6, 6.07) is 15.1. The number of amides is 1. The van der Waals surface area contributed by atoms with Crippen molar-refractivity contribution in [1.29, 1.82) is 0 Å². The van der Waals surface area contributed by atoms with Crippen LogP contribution in [0, 0.1) is 6.92 Å². The minimum atomic E-state index is -3.89. The highest BCUT2D eigenvalue weighted by molar-refractivity contribution is 7.92. The van der Waals surface area contributed by atoms with Gasteiger partial charge < -0.3 is 0 Å². The van der Waals surface area contributed by atoms with Gasteiger partial charge in [-0.05, 0) is 44.5 Å². The Morgan fingerprint density at radius 1 is 1.04 bits per heavy atom. The number of anilines is 1. The number of hydrazone groups is 1. The first kappa shape index (κ1) is 18.7. The van der Waals surface area contributed by atoms with Crippen molar-refractivity contribution < 1.29 is 13.2 Å². The standard InChI is InChI=1S/C18H21N3O3S/c1-14(2)19-20-18(22)13-21(17-12-8-7-9-15(17)3)25(23,24)16-10-5-4-6-11-16/h4-12H,13H2,1-3H3,(H,20,22). The van der Waals surface area contributed by atoms with Crippen LogP contribution < -0.4 is 9.73 Å². The van der Waals surface area contributed by atoms with Crippen molar-refractivity contribution >= 4 is 27.3 Å². The second-order valence-electron chi connectivity index (χ2n) is 5.71. The number of para-hydroxylation sites is 1. The molecule has 0 fully saturated rings. The quantitative estimate of drug-likeness (QED) is 0.636. The van der Waals surface area contributed by atoms with Crippen LogP contribution in [0.25, 0.3) is 0 Å². The lowest BCUT2D eigenvalue weighted by Crippen LogP contribution is -2.40. The molecule has 0 aliphatic carbocycles. The molecule has 7 heteroatoms. The van der Waals surface area contributed by atoms with Crippen LogP contribution in [0.4, 0.5) is 5.69 Å². The highest BCUT2D eigenvalue weighted by Gasteiger charge is 2.27. The Labute approximate surface area is 148 Å². The number of carbonyl (C=O) groups is 1. The van der Waals surface area contributed by atoms with E-state index in [0.717, 1.165) is 9.87 Å². The number of benzene rings is 2. The first-order chi connectivity index (χ1) is 11.8. The maximum absolute atomic E-state index is 13.1. The first-order valence-electron chi connectivity index (χ1n) is 7.75. The van der Waals surface area contributed by atoms with E-state index in [0.29, 0.717) is 11.4 Å². The van der Waals surface area contributed by atoms with Crippen molar-refractivity contribution in [2.75, 3.05) is 10.8 Å². The second-order valence-corrected chi connectivity index (χ2v) is 7.57. The lowest BCUT2D eigenvalue weighted by molar-refractivity contribution is -0.119. The molecular weight excluding hydrogens is 338 g/mol. The molecule has 2 rings (SSSR count). The minimum Gasteiger partial charge on any atom is -0.271 e. The third kappa shape index (κ3) is 4.67. The van der Waals surface area contributed by atoms with E-state index in [1.54, 1.807) is 57.2 Å². The summed E-state index contributed by atoms with van der Waals surface area (Å²) in [6.07, 6.45) is 0. The molecule has 2 aromatic carbocycles. The largest absolute Gasteiger partial charge is 0.271 e. The summed E-state index contributed by atoms with van der Waals surface area (Å²) >= 11 is 0. The van der Waals surface area contributed by atoms with Crippen LogP contribution in [0.5, 0.6) is 0 Å². The van der Waals surface area contributed by atoms with Gasteiger partial charge in [-0.1, -0.05) is 36.4 Å². The average molecular weight is 359 g/mol. The third-order valence-electron chi connectivity index (χ3n) is 3.41. The van der Waals surface area contributed by atoms with Gasteiger partial charge in [0, 0.05) is 5.71 Å². The summed E-state index contributed by atoms with van der Waals surface area (Å²) in [4.78, 5) is 12.3. The van der Waals surface area contributed by atoms with Crippen molar-refractivity contribution in [3.8, 4) is 0 Å². The number of hydrogen-bond donors (Lipinski definition) is 1. The van der Waals surface area contributed by atoms with Gasteiger partial charge in [0.15, 0.2) is 0 Å². The van der Waals surface area contributed by atoms with Gasteiger partial charge in [-0.2, -0.15) is 5.10 Å². The zero-order valence-corrected chi connectivity index (χ0v) is 15.2. The van der Waals surface area contributed by atoms with E-state index in [-0.39, 0.29) is 11.4 Å². The summed E-state index contributed by atoms with van der Waals surface area (Å²) in [5.74, 6) is -0.510. The number of sulfonamides is 1. The molecule has 6 nitrogen and oxygen atoms in total. The fourth-order valence-corrected chi connectivity index (χ4v) is 3.71. The first-order valence-corrected chi connectivity index (χ1v) is 9.19. The molecule has 2 aromatic rings. The maximum atomic E-state index is 13.1. The molecule has 0 heterocycles. The molecule has 0 atom stereocenters. The van der Waals surface area contributed by atoms with E-state index in [9.17, 15) is 13.2 Å². The van der Waals surface area contributed by atoms with Crippen LogP contribution in [-0.4, -0.2) is 26.6 Å². The van der Waals surface area contributed by atoms with Gasteiger partial charge in [0.1, 0.15) is 6.54 Å². The smallest absolute Gasteiger partial charge is 0.264 e. The Morgan fingerprint density at radius 2 is 1.64 bits per heavy atom. The number of aryl methyl sites for hydroxylation is 1. The molecular formula is C18H21N3O3S. The SMILES string of the molecule is CC(C)=NNC(=O)CN(c1ccccc1C)S(=O)(=O)c1ccccc1. The predicted octanol–water partition coefficient (Wildman–Crippen LogP) is 2.70. The Morgan fingerprint density at radius 3 is 2.24 bits per heavy atom. The lowest BCUT2D eigenvalue weighted by atomic mass is 10.2. The molecule has 0 radical (unpaired) electrons. The molecule has 0 aliphatic heterocycles. The number of hydrogen-bond acceptors (Lipinski definition) is 4. The summed E-state index contributed by atoms with van der Waals surface area (Å²) in [5.41, 5.74) is 4.25. The molecule has 0 spiro atoms. The molecule has 1 amide bonds. The summed E-state index contributed by atoms with van der Waals surface area (Å²) < 4.78 is 27.2. The van der Waals surface area contributed by atoms with E-state index < -0.39 is 15.9 Å².